The summed E-state index contributed by atoms with van der Waals surface area (Å²) in [5.41, 5.74) is 0. The van der Waals surface area contributed by atoms with E-state index in [0.29, 0.717) is 12.8 Å². The van der Waals surface area contributed by atoms with Crippen LogP contribution in [-0.2, 0) is 19.1 Å². The summed E-state index contributed by atoms with van der Waals surface area (Å²) < 4.78 is 10.5. The van der Waals surface area contributed by atoms with E-state index in [2.05, 4.69) is 26.0 Å². The molecule has 0 aliphatic heterocycles. The van der Waals surface area contributed by atoms with Gasteiger partial charge >= 0.3 is 11.9 Å². The monoisotopic (exact) mass is 566 g/mol. The first kappa shape index (κ1) is 38.6. The lowest BCUT2D eigenvalue weighted by molar-refractivity contribution is -0.161. The van der Waals surface area contributed by atoms with Gasteiger partial charge in [0.25, 0.3) is 0 Å². The molecule has 0 rings (SSSR count). The van der Waals surface area contributed by atoms with E-state index in [1.54, 1.807) is 0 Å². The highest BCUT2D eigenvalue weighted by Crippen LogP contribution is 2.13. The number of hydrogen-bond acceptors (Lipinski definition) is 5. The van der Waals surface area contributed by atoms with Crippen LogP contribution in [0.3, 0.4) is 0 Å². The second-order valence-corrected chi connectivity index (χ2v) is 11.6. The number of unbranched alkanes of at least 4 members (excludes halogenated alkanes) is 21. The van der Waals surface area contributed by atoms with Crippen LogP contribution in [0.5, 0.6) is 0 Å². The molecule has 0 fully saturated rings. The first-order valence-electron chi connectivity index (χ1n) is 17.2. The van der Waals surface area contributed by atoms with Crippen LogP contribution in [0, 0.1) is 0 Å². The Morgan fingerprint density at radius 2 is 0.925 bits per heavy atom. The van der Waals surface area contributed by atoms with E-state index in [1.165, 1.54) is 109 Å². The van der Waals surface area contributed by atoms with Crippen molar-refractivity contribution in [2.45, 2.75) is 187 Å². The van der Waals surface area contributed by atoms with Crippen LogP contribution in [0.2, 0.25) is 0 Å². The van der Waals surface area contributed by atoms with Crippen LogP contribution in [0.4, 0.5) is 0 Å². The molecule has 0 radical (unpaired) electrons. The predicted octanol–water partition coefficient (Wildman–Crippen LogP) is 10.2. The van der Waals surface area contributed by atoms with E-state index in [4.69, 9.17) is 9.47 Å². The van der Waals surface area contributed by atoms with Gasteiger partial charge in [-0.2, -0.15) is 0 Å². The van der Waals surface area contributed by atoms with Crippen LogP contribution in [-0.4, -0.2) is 36.4 Å². The van der Waals surface area contributed by atoms with Crippen molar-refractivity contribution in [2.75, 3.05) is 13.2 Å². The first-order chi connectivity index (χ1) is 19.6. The highest BCUT2D eigenvalue weighted by Gasteiger charge is 2.16. The molecule has 0 aromatic carbocycles. The van der Waals surface area contributed by atoms with Gasteiger partial charge < -0.3 is 14.6 Å². The third kappa shape index (κ3) is 29.6. The number of allylic oxidation sites excluding steroid dienone is 2. The molecule has 0 amide bonds. The smallest absolute Gasteiger partial charge is 0.306 e. The molecule has 5 heteroatoms. The average molecular weight is 567 g/mol. The Morgan fingerprint density at radius 3 is 1.35 bits per heavy atom. The lowest BCUT2D eigenvalue weighted by Crippen LogP contribution is -2.28. The maximum Gasteiger partial charge on any atom is 0.306 e. The molecule has 236 valence electrons. The summed E-state index contributed by atoms with van der Waals surface area (Å²) in [6, 6.07) is 0. The van der Waals surface area contributed by atoms with Crippen molar-refractivity contribution >= 4 is 11.9 Å². The van der Waals surface area contributed by atoms with E-state index in [-0.39, 0.29) is 25.2 Å². The average Bonchev–Trinajstić information content (AvgIpc) is 2.96. The van der Waals surface area contributed by atoms with Gasteiger partial charge in [-0.3, -0.25) is 9.59 Å². The van der Waals surface area contributed by atoms with Gasteiger partial charge in [0, 0.05) is 12.8 Å². The molecule has 0 saturated carbocycles. The second-order valence-electron chi connectivity index (χ2n) is 11.6. The largest absolute Gasteiger partial charge is 0.462 e. The van der Waals surface area contributed by atoms with Crippen LogP contribution >= 0.6 is 0 Å². The summed E-state index contributed by atoms with van der Waals surface area (Å²) >= 11 is 0. The van der Waals surface area contributed by atoms with Gasteiger partial charge in [0.2, 0.25) is 0 Å². The zero-order chi connectivity index (χ0) is 29.4. The molecule has 0 bridgehead atoms. The first-order valence-corrected chi connectivity index (χ1v) is 17.2. The molecule has 1 N–H and O–H groups in total. The van der Waals surface area contributed by atoms with Crippen molar-refractivity contribution < 1.29 is 24.2 Å². The number of carbonyl (C=O) groups is 2. The van der Waals surface area contributed by atoms with Crippen molar-refractivity contribution in [1.29, 1.82) is 0 Å². The van der Waals surface area contributed by atoms with Gasteiger partial charge in [-0.25, -0.2) is 0 Å². The highest BCUT2D eigenvalue weighted by atomic mass is 16.6. The Kier molecular flexibility index (Phi) is 31.1. The highest BCUT2D eigenvalue weighted by molar-refractivity contribution is 5.70. The minimum Gasteiger partial charge on any atom is -0.462 e. The quantitative estimate of drug-likeness (QED) is 0.0513. The number of aliphatic hydroxyl groups is 1. The van der Waals surface area contributed by atoms with Crippen LogP contribution < -0.4 is 0 Å². The normalized spacial score (nSPS) is 12.2. The van der Waals surface area contributed by atoms with Gasteiger partial charge in [0.1, 0.15) is 6.61 Å². The molecule has 1 atom stereocenters. The molecule has 5 nitrogen and oxygen atoms in total. The molecule has 40 heavy (non-hydrogen) atoms. The zero-order valence-electron chi connectivity index (χ0n) is 26.6. The summed E-state index contributed by atoms with van der Waals surface area (Å²) in [4.78, 5) is 24.1. The third-order valence-electron chi connectivity index (χ3n) is 7.56. The molecule has 0 aromatic heterocycles. The van der Waals surface area contributed by atoms with Crippen molar-refractivity contribution in [1.82, 2.24) is 0 Å². The molecule has 0 aromatic rings. The van der Waals surface area contributed by atoms with Crippen LogP contribution in [0.1, 0.15) is 181 Å². The standard InChI is InChI=1S/C35H66O5/c1-3-5-7-9-11-13-15-16-17-18-20-22-24-26-28-30-35(38)40-33(31-36)32-39-34(37)29-27-25-23-21-19-14-12-10-8-6-4-2/h16-17,33,36H,3-15,18-32H2,1-2H3/b17-16+/t33-/m0/s1. The molecule has 0 unspecified atom stereocenters. The molecule has 0 aliphatic carbocycles. The second kappa shape index (κ2) is 32.2. The molecule has 0 aliphatic rings. The minimum atomic E-state index is -0.767. The zero-order valence-corrected chi connectivity index (χ0v) is 26.6. The number of carbonyl (C=O) groups excluding carboxylic acids is 2. The fourth-order valence-corrected chi connectivity index (χ4v) is 4.90. The van der Waals surface area contributed by atoms with E-state index in [9.17, 15) is 14.7 Å². The van der Waals surface area contributed by atoms with E-state index in [1.807, 2.05) is 0 Å². The Morgan fingerprint density at radius 1 is 0.550 bits per heavy atom. The Labute approximate surface area is 248 Å². The molecule has 0 saturated heterocycles. The SMILES string of the molecule is CCCCCCCC/C=C/CCCCCCCC(=O)O[C@@H](CO)COC(=O)CCCCCCCCCCCCC. The number of ether oxygens (including phenoxy) is 2. The lowest BCUT2D eigenvalue weighted by Gasteiger charge is -2.15. The summed E-state index contributed by atoms with van der Waals surface area (Å²) in [6.45, 7) is 4.11. The minimum absolute atomic E-state index is 0.0640. The maximum atomic E-state index is 12.1. The number of aliphatic hydroxyl groups excluding tert-OH is 1. The van der Waals surface area contributed by atoms with Crippen molar-refractivity contribution in [2.24, 2.45) is 0 Å². The van der Waals surface area contributed by atoms with Gasteiger partial charge in [0.15, 0.2) is 6.10 Å². The topological polar surface area (TPSA) is 72.8 Å². The van der Waals surface area contributed by atoms with E-state index >= 15 is 0 Å². The molecule has 0 heterocycles. The fourth-order valence-electron chi connectivity index (χ4n) is 4.90. The summed E-state index contributed by atoms with van der Waals surface area (Å²) in [5, 5.41) is 9.49. The van der Waals surface area contributed by atoms with Crippen molar-refractivity contribution in [3.63, 3.8) is 0 Å². The van der Waals surface area contributed by atoms with E-state index < -0.39 is 6.10 Å². The van der Waals surface area contributed by atoms with E-state index in [0.717, 1.165) is 44.9 Å². The third-order valence-corrected chi connectivity index (χ3v) is 7.56. The van der Waals surface area contributed by atoms with Gasteiger partial charge in [-0.15, -0.1) is 0 Å². The van der Waals surface area contributed by atoms with Gasteiger partial charge in [-0.05, 0) is 38.5 Å². The molecular weight excluding hydrogens is 500 g/mol. The summed E-state index contributed by atoms with van der Waals surface area (Å²) in [5.74, 6) is -0.597. The van der Waals surface area contributed by atoms with Crippen molar-refractivity contribution in [3.8, 4) is 0 Å². The summed E-state index contributed by atoms with van der Waals surface area (Å²) in [6.07, 6.45) is 34.0. The number of esters is 2. The van der Waals surface area contributed by atoms with Gasteiger partial charge in [0.05, 0.1) is 6.61 Å². The van der Waals surface area contributed by atoms with Crippen LogP contribution in [0.25, 0.3) is 0 Å². The van der Waals surface area contributed by atoms with Gasteiger partial charge in [-0.1, -0.05) is 142 Å². The Bertz CT molecular complexity index is 574. The maximum absolute atomic E-state index is 12.1. The Balaban J connectivity index is 3.57. The molecule has 0 spiro atoms. The number of hydrogen-bond donors (Lipinski definition) is 1. The predicted molar refractivity (Wildman–Crippen MR) is 168 cm³/mol. The Hall–Kier alpha value is -1.36. The summed E-state index contributed by atoms with van der Waals surface area (Å²) in [7, 11) is 0. The molecular formula is C35H66O5. The lowest BCUT2D eigenvalue weighted by atomic mass is 10.1. The van der Waals surface area contributed by atoms with Crippen molar-refractivity contribution in [3.05, 3.63) is 12.2 Å². The fraction of sp³-hybridized carbons (Fsp3) is 0.886. The van der Waals surface area contributed by atoms with Crippen LogP contribution in [0.15, 0.2) is 12.2 Å². The number of rotatable bonds is 31.